The number of amides is 2. The molecule has 2 heterocycles. The average Bonchev–Trinajstić information content (AvgIpc) is 2.85. The summed E-state index contributed by atoms with van der Waals surface area (Å²) in [5, 5.41) is 8.93. The second-order valence-electron chi connectivity index (χ2n) is 5.62. The fourth-order valence-corrected chi connectivity index (χ4v) is 3.34. The second kappa shape index (κ2) is 6.26. The van der Waals surface area contributed by atoms with Crippen molar-refractivity contribution in [2.45, 2.75) is 64.0 Å². The van der Waals surface area contributed by atoms with Gasteiger partial charge < -0.3 is 14.9 Å². The van der Waals surface area contributed by atoms with E-state index in [9.17, 15) is 9.59 Å². The van der Waals surface area contributed by atoms with Crippen LogP contribution in [-0.2, 0) is 4.79 Å². The van der Waals surface area contributed by atoms with Crippen LogP contribution in [0.5, 0.6) is 0 Å². The molecule has 2 atom stereocenters. The largest absolute Gasteiger partial charge is 0.481 e. The van der Waals surface area contributed by atoms with Crippen molar-refractivity contribution in [1.82, 2.24) is 9.80 Å². The summed E-state index contributed by atoms with van der Waals surface area (Å²) in [5.74, 6) is -0.810. The number of carbonyl (C=O) groups is 2. The number of aliphatic carboxylic acids is 1. The lowest BCUT2D eigenvalue weighted by atomic mass is 10.0. The van der Waals surface area contributed by atoms with Crippen LogP contribution < -0.4 is 0 Å². The van der Waals surface area contributed by atoms with Crippen LogP contribution in [0.15, 0.2) is 0 Å². The first-order chi connectivity index (χ1) is 9.13. The Morgan fingerprint density at radius 3 is 2.37 bits per heavy atom. The molecule has 0 spiro atoms. The highest BCUT2D eigenvalue weighted by molar-refractivity contribution is 5.77. The summed E-state index contributed by atoms with van der Waals surface area (Å²) in [4.78, 5) is 27.3. The van der Waals surface area contributed by atoms with Crippen molar-refractivity contribution < 1.29 is 14.7 Å². The molecule has 2 aliphatic rings. The highest BCUT2D eigenvalue weighted by atomic mass is 16.4. The first-order valence-electron chi connectivity index (χ1n) is 7.42. The number of carboxylic acids is 1. The molecular weight excluding hydrogens is 244 g/mol. The van der Waals surface area contributed by atoms with Crippen molar-refractivity contribution in [3.05, 3.63) is 0 Å². The van der Waals surface area contributed by atoms with E-state index >= 15 is 0 Å². The fraction of sp³-hybridized carbons (Fsp3) is 0.857. The zero-order valence-corrected chi connectivity index (χ0v) is 11.7. The summed E-state index contributed by atoms with van der Waals surface area (Å²) in [6.45, 7) is 3.66. The molecule has 0 aromatic heterocycles. The van der Waals surface area contributed by atoms with E-state index in [0.29, 0.717) is 12.6 Å². The zero-order valence-electron chi connectivity index (χ0n) is 11.7. The lowest BCUT2D eigenvalue weighted by Gasteiger charge is -2.39. The Morgan fingerprint density at radius 2 is 1.68 bits per heavy atom. The van der Waals surface area contributed by atoms with Crippen LogP contribution in [0.2, 0.25) is 0 Å². The third-order valence-electron chi connectivity index (χ3n) is 4.38. The van der Waals surface area contributed by atoms with Crippen LogP contribution in [0.3, 0.4) is 0 Å². The third-order valence-corrected chi connectivity index (χ3v) is 4.38. The predicted molar refractivity (Wildman–Crippen MR) is 72.0 cm³/mol. The van der Waals surface area contributed by atoms with E-state index in [1.165, 1.54) is 6.42 Å². The van der Waals surface area contributed by atoms with Gasteiger partial charge in [-0.25, -0.2) is 4.79 Å². The summed E-state index contributed by atoms with van der Waals surface area (Å²) >= 11 is 0. The average molecular weight is 268 g/mol. The second-order valence-corrected chi connectivity index (χ2v) is 5.62. The minimum Gasteiger partial charge on any atom is -0.481 e. The zero-order chi connectivity index (χ0) is 13.8. The summed E-state index contributed by atoms with van der Waals surface area (Å²) < 4.78 is 0. The van der Waals surface area contributed by atoms with Crippen molar-refractivity contribution in [2.24, 2.45) is 0 Å². The lowest BCUT2D eigenvalue weighted by molar-refractivity contribution is -0.138. The minimum atomic E-state index is -0.810. The Balaban J connectivity index is 2.02. The Morgan fingerprint density at radius 1 is 1.05 bits per heavy atom. The Hall–Kier alpha value is -1.26. The van der Waals surface area contributed by atoms with Gasteiger partial charge in [-0.15, -0.1) is 0 Å². The normalized spacial score (nSPS) is 27.6. The molecule has 0 saturated carbocycles. The van der Waals surface area contributed by atoms with Gasteiger partial charge in [0.05, 0.1) is 6.42 Å². The van der Waals surface area contributed by atoms with Crippen LogP contribution in [0, 0.1) is 0 Å². The fourth-order valence-electron chi connectivity index (χ4n) is 3.34. The molecule has 19 heavy (non-hydrogen) atoms. The highest BCUT2D eigenvalue weighted by Gasteiger charge is 2.35. The first-order valence-corrected chi connectivity index (χ1v) is 7.42. The topological polar surface area (TPSA) is 60.9 Å². The molecular formula is C14H24N2O3. The minimum absolute atomic E-state index is 0.0651. The van der Waals surface area contributed by atoms with Gasteiger partial charge in [0.2, 0.25) is 0 Å². The summed E-state index contributed by atoms with van der Waals surface area (Å²) in [7, 11) is 0. The van der Waals surface area contributed by atoms with E-state index in [1.54, 1.807) is 4.90 Å². The molecule has 2 saturated heterocycles. The number of urea groups is 1. The number of rotatable bonds is 3. The predicted octanol–water partition coefficient (Wildman–Crippen LogP) is 2.31. The maximum absolute atomic E-state index is 12.6. The van der Waals surface area contributed by atoms with Crippen molar-refractivity contribution in [3.63, 3.8) is 0 Å². The van der Waals surface area contributed by atoms with E-state index in [4.69, 9.17) is 5.11 Å². The van der Waals surface area contributed by atoms with E-state index in [0.717, 1.165) is 38.6 Å². The van der Waals surface area contributed by atoms with Crippen LogP contribution in [0.4, 0.5) is 4.79 Å². The van der Waals surface area contributed by atoms with E-state index in [2.05, 4.69) is 6.92 Å². The number of likely N-dealkylation sites (tertiary alicyclic amines) is 2. The molecule has 108 valence electrons. The molecule has 2 fully saturated rings. The van der Waals surface area contributed by atoms with Crippen molar-refractivity contribution >= 4 is 12.0 Å². The van der Waals surface area contributed by atoms with Gasteiger partial charge in [-0.2, -0.15) is 0 Å². The summed E-state index contributed by atoms with van der Waals surface area (Å²) in [5.41, 5.74) is 0. The molecule has 0 bridgehead atoms. The molecule has 1 N–H and O–H groups in total. The van der Waals surface area contributed by atoms with E-state index in [1.807, 2.05) is 4.90 Å². The number of carboxylic acid groups (broad SMARTS) is 1. The number of nitrogens with zero attached hydrogens (tertiary/aromatic N) is 2. The maximum Gasteiger partial charge on any atom is 0.320 e. The van der Waals surface area contributed by atoms with E-state index in [-0.39, 0.29) is 18.5 Å². The standard InChI is InChI=1S/C14H24N2O3/c1-2-11-6-3-4-8-15(11)14(19)16-9-5-7-12(16)10-13(17)18/h11-12H,2-10H2,1H3,(H,17,18). The van der Waals surface area contributed by atoms with Crippen molar-refractivity contribution in [3.8, 4) is 0 Å². The van der Waals surface area contributed by atoms with E-state index < -0.39 is 5.97 Å². The number of hydrogen-bond acceptors (Lipinski definition) is 2. The van der Waals surface area contributed by atoms with Gasteiger partial charge in [0.1, 0.15) is 0 Å². The molecule has 0 aliphatic carbocycles. The summed E-state index contributed by atoms with van der Waals surface area (Å²) in [6, 6.07) is 0.298. The number of carbonyl (C=O) groups excluding carboxylic acids is 1. The number of hydrogen-bond donors (Lipinski definition) is 1. The quantitative estimate of drug-likeness (QED) is 0.854. The van der Waals surface area contributed by atoms with Crippen molar-refractivity contribution in [1.29, 1.82) is 0 Å². The molecule has 5 nitrogen and oxygen atoms in total. The SMILES string of the molecule is CCC1CCCCN1C(=O)N1CCCC1CC(=O)O. The van der Waals surface area contributed by atoms with Crippen LogP contribution in [-0.4, -0.2) is 52.1 Å². The van der Waals surface area contributed by atoms with Gasteiger partial charge in [0.15, 0.2) is 0 Å². The van der Waals surface area contributed by atoms with Gasteiger partial charge >= 0.3 is 12.0 Å². The molecule has 2 rings (SSSR count). The molecule has 2 amide bonds. The van der Waals surface area contributed by atoms with Crippen molar-refractivity contribution in [2.75, 3.05) is 13.1 Å². The van der Waals surface area contributed by atoms with Crippen LogP contribution in [0.25, 0.3) is 0 Å². The monoisotopic (exact) mass is 268 g/mol. The maximum atomic E-state index is 12.6. The lowest BCUT2D eigenvalue weighted by Crippen LogP contribution is -2.51. The highest BCUT2D eigenvalue weighted by Crippen LogP contribution is 2.26. The first kappa shape index (κ1) is 14.2. The van der Waals surface area contributed by atoms with Gasteiger partial charge in [0, 0.05) is 25.2 Å². The van der Waals surface area contributed by atoms with Gasteiger partial charge in [-0.1, -0.05) is 6.92 Å². The van der Waals surface area contributed by atoms with Gasteiger partial charge in [0.25, 0.3) is 0 Å². The van der Waals surface area contributed by atoms with Crippen LogP contribution >= 0.6 is 0 Å². The Labute approximate surface area is 114 Å². The molecule has 0 aromatic carbocycles. The smallest absolute Gasteiger partial charge is 0.320 e. The molecule has 5 heteroatoms. The molecule has 2 unspecified atom stereocenters. The number of piperidine rings is 1. The molecule has 0 aromatic rings. The Kier molecular flexibility index (Phi) is 4.66. The Bertz CT molecular complexity index is 346. The van der Waals surface area contributed by atoms with Crippen LogP contribution in [0.1, 0.15) is 51.9 Å². The molecule has 2 aliphatic heterocycles. The third kappa shape index (κ3) is 3.19. The molecule has 0 radical (unpaired) electrons. The summed E-state index contributed by atoms with van der Waals surface area (Å²) in [6.07, 6.45) is 6.16. The van der Waals surface area contributed by atoms with Gasteiger partial charge in [-0.3, -0.25) is 4.79 Å². The van der Waals surface area contributed by atoms with Gasteiger partial charge in [-0.05, 0) is 38.5 Å².